The first kappa shape index (κ1) is 17.9. The van der Waals surface area contributed by atoms with Crippen molar-refractivity contribution >= 4 is 15.7 Å². The van der Waals surface area contributed by atoms with Crippen molar-refractivity contribution in [3.63, 3.8) is 0 Å². The Bertz CT molecular complexity index is 512. The van der Waals surface area contributed by atoms with Gasteiger partial charge in [0.2, 0.25) is 10.0 Å². The van der Waals surface area contributed by atoms with Crippen molar-refractivity contribution < 1.29 is 17.9 Å². The van der Waals surface area contributed by atoms with Crippen LogP contribution in [0.4, 0.5) is 5.69 Å². The van der Waals surface area contributed by atoms with E-state index in [9.17, 15) is 8.42 Å². The number of benzene rings is 1. The molecule has 0 unspecified atom stereocenters. The van der Waals surface area contributed by atoms with Gasteiger partial charge in [0.25, 0.3) is 0 Å². The summed E-state index contributed by atoms with van der Waals surface area (Å²) in [6, 6.07) is 4.80. The van der Waals surface area contributed by atoms with Gasteiger partial charge < -0.3 is 15.2 Å². The third-order valence-corrected chi connectivity index (χ3v) is 4.26. The molecule has 1 aromatic rings. The van der Waals surface area contributed by atoms with Crippen LogP contribution in [0.15, 0.2) is 23.1 Å². The number of methoxy groups -OCH3 is 1. The van der Waals surface area contributed by atoms with Gasteiger partial charge in [-0.3, -0.25) is 0 Å². The van der Waals surface area contributed by atoms with Crippen LogP contribution in [-0.4, -0.2) is 41.9 Å². The average molecular weight is 316 g/mol. The molecular weight excluding hydrogens is 292 g/mol. The Labute approximate surface area is 126 Å². The molecule has 120 valence electrons. The topological polar surface area (TPSA) is 90.6 Å². The molecular formula is C14H24N2O4S. The quantitative estimate of drug-likeness (QED) is 0.501. The Kier molecular flexibility index (Phi) is 7.66. The van der Waals surface area contributed by atoms with Gasteiger partial charge in [0.1, 0.15) is 0 Å². The van der Waals surface area contributed by atoms with Crippen molar-refractivity contribution in [1.29, 1.82) is 0 Å². The molecule has 21 heavy (non-hydrogen) atoms. The van der Waals surface area contributed by atoms with Crippen molar-refractivity contribution in [1.82, 2.24) is 4.72 Å². The van der Waals surface area contributed by atoms with Gasteiger partial charge in [0, 0.05) is 25.9 Å². The smallest absolute Gasteiger partial charge is 0.240 e. The minimum atomic E-state index is -3.50. The number of anilines is 1. The largest absolute Gasteiger partial charge is 0.399 e. The first-order valence-corrected chi connectivity index (χ1v) is 8.37. The average Bonchev–Trinajstić information content (AvgIpc) is 2.40. The first-order valence-electron chi connectivity index (χ1n) is 6.89. The third-order valence-electron chi connectivity index (χ3n) is 2.82. The fourth-order valence-corrected chi connectivity index (χ4v) is 3.01. The monoisotopic (exact) mass is 316 g/mol. The number of rotatable bonds is 10. The molecule has 3 N–H and O–H groups in total. The number of hydrogen-bond acceptors (Lipinski definition) is 5. The summed E-state index contributed by atoms with van der Waals surface area (Å²) in [5.74, 6) is 0. The van der Waals surface area contributed by atoms with Crippen molar-refractivity contribution in [3.8, 4) is 0 Å². The second-order valence-corrected chi connectivity index (χ2v) is 6.56. The third kappa shape index (κ3) is 6.90. The van der Waals surface area contributed by atoms with Crippen LogP contribution in [0.3, 0.4) is 0 Å². The number of nitrogens with one attached hydrogen (secondary N) is 1. The number of aryl methyl sites for hydroxylation is 1. The zero-order valence-corrected chi connectivity index (χ0v) is 13.4. The lowest BCUT2D eigenvalue weighted by Crippen LogP contribution is -2.25. The summed E-state index contributed by atoms with van der Waals surface area (Å²) in [6.07, 6.45) is 1.51. The van der Waals surface area contributed by atoms with Gasteiger partial charge in [0.15, 0.2) is 0 Å². The van der Waals surface area contributed by atoms with Crippen LogP contribution in [-0.2, 0) is 19.5 Å². The summed E-state index contributed by atoms with van der Waals surface area (Å²) in [5, 5.41) is 0. The molecule has 0 aliphatic carbocycles. The Morgan fingerprint density at radius 1 is 1.14 bits per heavy atom. The second-order valence-electron chi connectivity index (χ2n) is 4.79. The maximum absolute atomic E-state index is 12.1. The molecule has 0 aliphatic heterocycles. The Morgan fingerprint density at radius 2 is 1.90 bits per heavy atom. The van der Waals surface area contributed by atoms with Gasteiger partial charge >= 0.3 is 0 Å². The fraction of sp³-hybridized carbons (Fsp3) is 0.571. The van der Waals surface area contributed by atoms with Crippen LogP contribution in [0.1, 0.15) is 18.4 Å². The lowest BCUT2D eigenvalue weighted by Gasteiger charge is -2.08. The summed E-state index contributed by atoms with van der Waals surface area (Å²) in [5.41, 5.74) is 6.94. The highest BCUT2D eigenvalue weighted by Gasteiger charge is 2.14. The van der Waals surface area contributed by atoms with Crippen molar-refractivity contribution in [2.75, 3.05) is 39.2 Å². The molecule has 0 saturated carbocycles. The van der Waals surface area contributed by atoms with Crippen LogP contribution in [0.5, 0.6) is 0 Å². The molecule has 1 aromatic carbocycles. The maximum atomic E-state index is 12.1. The molecule has 0 atom stereocenters. The van der Waals surface area contributed by atoms with Gasteiger partial charge in [-0.2, -0.15) is 0 Å². The van der Waals surface area contributed by atoms with E-state index in [0.717, 1.165) is 12.0 Å². The summed E-state index contributed by atoms with van der Waals surface area (Å²) in [6.45, 7) is 3.92. The number of ether oxygens (including phenoxy) is 2. The lowest BCUT2D eigenvalue weighted by molar-refractivity contribution is 0.0689. The van der Waals surface area contributed by atoms with E-state index < -0.39 is 10.0 Å². The summed E-state index contributed by atoms with van der Waals surface area (Å²) in [7, 11) is -1.88. The highest BCUT2D eigenvalue weighted by Crippen LogP contribution is 2.16. The zero-order chi connectivity index (χ0) is 15.7. The molecule has 0 aliphatic rings. The van der Waals surface area contributed by atoms with E-state index >= 15 is 0 Å². The molecule has 0 saturated heterocycles. The standard InChI is InChI=1S/C14H24N2O4S/c1-12-9-13(15)11-14(10-12)21(17,18)16-5-3-4-6-20-8-7-19-2/h9-11,16H,3-8,15H2,1-2H3. The van der Waals surface area contributed by atoms with E-state index in [1.54, 1.807) is 19.2 Å². The number of nitrogen functional groups attached to an aromatic ring is 1. The Hall–Kier alpha value is -1.15. The highest BCUT2D eigenvalue weighted by atomic mass is 32.2. The highest BCUT2D eigenvalue weighted by molar-refractivity contribution is 7.89. The van der Waals surface area contributed by atoms with Crippen LogP contribution in [0, 0.1) is 6.92 Å². The number of sulfonamides is 1. The predicted molar refractivity (Wildman–Crippen MR) is 82.7 cm³/mol. The molecule has 0 amide bonds. The maximum Gasteiger partial charge on any atom is 0.240 e. The van der Waals surface area contributed by atoms with Gasteiger partial charge in [-0.15, -0.1) is 0 Å². The van der Waals surface area contributed by atoms with E-state index in [-0.39, 0.29) is 4.90 Å². The van der Waals surface area contributed by atoms with Crippen LogP contribution in [0.25, 0.3) is 0 Å². The van der Waals surface area contributed by atoms with Crippen LogP contribution in [0.2, 0.25) is 0 Å². The van der Waals surface area contributed by atoms with Gasteiger partial charge in [-0.05, 0) is 43.5 Å². The van der Waals surface area contributed by atoms with E-state index in [4.69, 9.17) is 15.2 Å². The Morgan fingerprint density at radius 3 is 2.57 bits per heavy atom. The summed E-state index contributed by atoms with van der Waals surface area (Å²) >= 11 is 0. The minimum Gasteiger partial charge on any atom is -0.399 e. The SMILES string of the molecule is COCCOCCCCNS(=O)(=O)c1cc(C)cc(N)c1. The molecule has 0 aromatic heterocycles. The number of unbranched alkanes of at least 4 members (excludes halogenated alkanes) is 1. The van der Waals surface area contributed by atoms with E-state index in [1.165, 1.54) is 6.07 Å². The summed E-state index contributed by atoms with van der Waals surface area (Å²) < 4.78 is 36.9. The molecule has 0 radical (unpaired) electrons. The molecule has 7 heteroatoms. The molecule has 0 heterocycles. The normalized spacial score (nSPS) is 11.7. The minimum absolute atomic E-state index is 0.205. The predicted octanol–water partition coefficient (Wildman–Crippen LogP) is 1.30. The Balaban J connectivity index is 2.33. The van der Waals surface area contributed by atoms with Gasteiger partial charge in [-0.1, -0.05) is 0 Å². The van der Waals surface area contributed by atoms with Crippen molar-refractivity contribution in [2.24, 2.45) is 0 Å². The van der Waals surface area contributed by atoms with Crippen LogP contribution < -0.4 is 10.5 Å². The van der Waals surface area contributed by atoms with E-state index in [0.29, 0.717) is 38.5 Å². The second kappa shape index (κ2) is 8.99. The van der Waals surface area contributed by atoms with Gasteiger partial charge in [-0.25, -0.2) is 13.1 Å². The molecule has 6 nitrogen and oxygen atoms in total. The molecule has 0 spiro atoms. The van der Waals surface area contributed by atoms with E-state index in [1.807, 2.05) is 6.92 Å². The fourth-order valence-electron chi connectivity index (χ4n) is 1.80. The van der Waals surface area contributed by atoms with Crippen molar-refractivity contribution in [2.45, 2.75) is 24.7 Å². The number of hydrogen-bond donors (Lipinski definition) is 2. The van der Waals surface area contributed by atoms with Crippen molar-refractivity contribution in [3.05, 3.63) is 23.8 Å². The molecule has 1 rings (SSSR count). The lowest BCUT2D eigenvalue weighted by atomic mass is 10.2. The first-order chi connectivity index (χ1) is 9.95. The molecule has 0 fully saturated rings. The van der Waals surface area contributed by atoms with Crippen LogP contribution >= 0.6 is 0 Å². The van der Waals surface area contributed by atoms with E-state index in [2.05, 4.69) is 4.72 Å². The molecule has 0 bridgehead atoms. The van der Waals surface area contributed by atoms with Gasteiger partial charge in [0.05, 0.1) is 18.1 Å². The number of nitrogens with two attached hydrogens (primary N) is 1. The summed E-state index contributed by atoms with van der Waals surface area (Å²) in [4.78, 5) is 0.205. The zero-order valence-electron chi connectivity index (χ0n) is 12.6.